The van der Waals surface area contributed by atoms with E-state index in [1.54, 1.807) is 0 Å². The van der Waals surface area contributed by atoms with Gasteiger partial charge in [-0.3, -0.25) is 0 Å². The first-order valence-electron chi connectivity index (χ1n) is 5.91. The Morgan fingerprint density at radius 1 is 1.39 bits per heavy atom. The van der Waals surface area contributed by atoms with Gasteiger partial charge in [-0.25, -0.2) is 0 Å². The number of hydrogen-bond acceptors (Lipinski definition) is 3. The van der Waals surface area contributed by atoms with Crippen molar-refractivity contribution in [3.63, 3.8) is 0 Å². The fourth-order valence-corrected chi connectivity index (χ4v) is 2.16. The summed E-state index contributed by atoms with van der Waals surface area (Å²) in [4.78, 5) is 0. The molecular weight excluding hydrogens is 292 g/mol. The molecule has 1 aromatic carbocycles. The molecule has 0 spiro atoms. The summed E-state index contributed by atoms with van der Waals surface area (Å²) in [5.41, 5.74) is 1.25. The average Bonchev–Trinajstić information content (AvgIpc) is 2.67. The second-order valence-electron chi connectivity index (χ2n) is 4.38. The molecule has 0 radical (unpaired) electrons. The van der Waals surface area contributed by atoms with Crippen LogP contribution in [0.15, 0.2) is 28.7 Å². The van der Waals surface area contributed by atoms with Crippen LogP contribution in [0.2, 0.25) is 0 Å². The molecular formula is C13H17BrN4. The standard InChI is InChI=1S/C13H17BrN4/c1-9(11-5-4-6-12(14)7-11)15-8-13-17-16-10(2)18(13)3/h4-7,9,15H,8H2,1-3H3/t9-/m1/s1. The Bertz CT molecular complexity index is 536. The van der Waals surface area contributed by atoms with Gasteiger partial charge in [-0.05, 0) is 31.5 Å². The molecule has 18 heavy (non-hydrogen) atoms. The molecule has 1 aromatic heterocycles. The largest absolute Gasteiger partial charge is 0.317 e. The van der Waals surface area contributed by atoms with E-state index < -0.39 is 0 Å². The van der Waals surface area contributed by atoms with E-state index in [2.05, 4.69) is 50.5 Å². The van der Waals surface area contributed by atoms with Crippen molar-refractivity contribution in [2.24, 2.45) is 7.05 Å². The third kappa shape index (κ3) is 2.97. The molecule has 2 aromatic rings. The van der Waals surface area contributed by atoms with Gasteiger partial charge in [0, 0.05) is 17.6 Å². The van der Waals surface area contributed by atoms with E-state index in [1.807, 2.05) is 30.7 Å². The highest BCUT2D eigenvalue weighted by Gasteiger charge is 2.08. The van der Waals surface area contributed by atoms with Crippen LogP contribution in [0, 0.1) is 6.92 Å². The number of aryl methyl sites for hydroxylation is 1. The fourth-order valence-electron chi connectivity index (χ4n) is 1.74. The van der Waals surface area contributed by atoms with Crippen LogP contribution in [-0.2, 0) is 13.6 Å². The third-order valence-corrected chi connectivity index (χ3v) is 3.59. The van der Waals surface area contributed by atoms with E-state index in [1.165, 1.54) is 5.56 Å². The molecule has 5 heteroatoms. The molecule has 0 unspecified atom stereocenters. The Kier molecular flexibility index (Phi) is 4.14. The van der Waals surface area contributed by atoms with Crippen molar-refractivity contribution in [3.05, 3.63) is 46.0 Å². The summed E-state index contributed by atoms with van der Waals surface area (Å²) in [6.07, 6.45) is 0. The predicted octanol–water partition coefficient (Wildman–Crippen LogP) is 2.74. The molecule has 0 aliphatic rings. The summed E-state index contributed by atoms with van der Waals surface area (Å²) in [5, 5.41) is 11.6. The van der Waals surface area contributed by atoms with Crippen LogP contribution in [0.5, 0.6) is 0 Å². The van der Waals surface area contributed by atoms with Crippen molar-refractivity contribution in [2.45, 2.75) is 26.4 Å². The monoisotopic (exact) mass is 308 g/mol. The van der Waals surface area contributed by atoms with Crippen LogP contribution in [0.4, 0.5) is 0 Å². The van der Waals surface area contributed by atoms with Gasteiger partial charge in [-0.1, -0.05) is 28.1 Å². The Hall–Kier alpha value is -1.20. The number of benzene rings is 1. The molecule has 0 aliphatic heterocycles. The van der Waals surface area contributed by atoms with Crippen molar-refractivity contribution in [3.8, 4) is 0 Å². The van der Waals surface area contributed by atoms with Gasteiger partial charge < -0.3 is 9.88 Å². The first-order chi connectivity index (χ1) is 8.58. The maximum absolute atomic E-state index is 4.14. The van der Waals surface area contributed by atoms with Gasteiger partial charge >= 0.3 is 0 Å². The average molecular weight is 309 g/mol. The lowest BCUT2D eigenvalue weighted by atomic mass is 10.1. The smallest absolute Gasteiger partial charge is 0.146 e. The number of nitrogens with zero attached hydrogens (tertiary/aromatic N) is 3. The third-order valence-electron chi connectivity index (χ3n) is 3.10. The summed E-state index contributed by atoms with van der Waals surface area (Å²) in [7, 11) is 1.98. The van der Waals surface area contributed by atoms with Gasteiger partial charge in [0.1, 0.15) is 11.6 Å². The number of hydrogen-bond donors (Lipinski definition) is 1. The lowest BCUT2D eigenvalue weighted by molar-refractivity contribution is 0.547. The normalized spacial score (nSPS) is 12.7. The van der Waals surface area contributed by atoms with Gasteiger partial charge in [0.25, 0.3) is 0 Å². The van der Waals surface area contributed by atoms with Gasteiger partial charge in [-0.2, -0.15) is 0 Å². The predicted molar refractivity (Wildman–Crippen MR) is 75.1 cm³/mol. The van der Waals surface area contributed by atoms with E-state index >= 15 is 0 Å². The van der Waals surface area contributed by atoms with Gasteiger partial charge in [0.2, 0.25) is 0 Å². The van der Waals surface area contributed by atoms with Gasteiger partial charge in [-0.15, -0.1) is 10.2 Å². The van der Waals surface area contributed by atoms with Crippen LogP contribution >= 0.6 is 15.9 Å². The zero-order valence-electron chi connectivity index (χ0n) is 10.8. The molecule has 4 nitrogen and oxygen atoms in total. The highest BCUT2D eigenvalue weighted by Crippen LogP contribution is 2.18. The Labute approximate surface area is 116 Å². The van der Waals surface area contributed by atoms with Crippen LogP contribution in [-0.4, -0.2) is 14.8 Å². The molecule has 0 bridgehead atoms. The minimum atomic E-state index is 0.277. The molecule has 1 heterocycles. The van der Waals surface area contributed by atoms with E-state index in [0.717, 1.165) is 16.1 Å². The Morgan fingerprint density at radius 3 is 2.78 bits per heavy atom. The molecule has 0 saturated heterocycles. The van der Waals surface area contributed by atoms with E-state index in [-0.39, 0.29) is 6.04 Å². The summed E-state index contributed by atoms with van der Waals surface area (Å²) >= 11 is 3.49. The van der Waals surface area contributed by atoms with Crippen molar-refractivity contribution in [2.75, 3.05) is 0 Å². The lowest BCUT2D eigenvalue weighted by Gasteiger charge is -2.14. The second kappa shape index (κ2) is 5.63. The first kappa shape index (κ1) is 13.2. The molecule has 2 rings (SSSR count). The molecule has 0 aliphatic carbocycles. The molecule has 96 valence electrons. The molecule has 0 saturated carbocycles. The maximum atomic E-state index is 4.14. The summed E-state index contributed by atoms with van der Waals surface area (Å²) < 4.78 is 3.10. The SMILES string of the molecule is Cc1nnc(CN[C@H](C)c2cccc(Br)c2)n1C. The van der Waals surface area contributed by atoms with Gasteiger partial charge in [0.05, 0.1) is 6.54 Å². The number of rotatable bonds is 4. The van der Waals surface area contributed by atoms with Crippen LogP contribution in [0.1, 0.15) is 30.2 Å². The minimum Gasteiger partial charge on any atom is -0.317 e. The summed E-state index contributed by atoms with van der Waals surface area (Å²) in [5.74, 6) is 1.89. The van der Waals surface area contributed by atoms with E-state index in [9.17, 15) is 0 Å². The van der Waals surface area contributed by atoms with Crippen molar-refractivity contribution < 1.29 is 0 Å². The van der Waals surface area contributed by atoms with E-state index in [4.69, 9.17) is 0 Å². The topological polar surface area (TPSA) is 42.7 Å². The molecule has 1 atom stereocenters. The van der Waals surface area contributed by atoms with Crippen molar-refractivity contribution in [1.29, 1.82) is 0 Å². The quantitative estimate of drug-likeness (QED) is 0.944. The fraction of sp³-hybridized carbons (Fsp3) is 0.385. The maximum Gasteiger partial charge on any atom is 0.146 e. The summed E-state index contributed by atoms with van der Waals surface area (Å²) in [6.45, 7) is 4.81. The highest BCUT2D eigenvalue weighted by molar-refractivity contribution is 9.10. The zero-order valence-corrected chi connectivity index (χ0v) is 12.4. The van der Waals surface area contributed by atoms with Crippen molar-refractivity contribution >= 4 is 15.9 Å². The van der Waals surface area contributed by atoms with Gasteiger partial charge in [0.15, 0.2) is 0 Å². The number of aromatic nitrogens is 3. The van der Waals surface area contributed by atoms with E-state index in [0.29, 0.717) is 6.54 Å². The highest BCUT2D eigenvalue weighted by atomic mass is 79.9. The Balaban J connectivity index is 2.00. The summed E-state index contributed by atoms with van der Waals surface area (Å²) in [6, 6.07) is 8.59. The number of nitrogens with one attached hydrogen (secondary N) is 1. The molecule has 0 fully saturated rings. The molecule has 1 N–H and O–H groups in total. The number of halogens is 1. The zero-order chi connectivity index (χ0) is 13.1. The van der Waals surface area contributed by atoms with Crippen LogP contribution in [0.3, 0.4) is 0 Å². The lowest BCUT2D eigenvalue weighted by Crippen LogP contribution is -2.20. The first-order valence-corrected chi connectivity index (χ1v) is 6.71. The van der Waals surface area contributed by atoms with Crippen LogP contribution in [0.25, 0.3) is 0 Å². The second-order valence-corrected chi connectivity index (χ2v) is 5.30. The Morgan fingerprint density at radius 2 is 2.17 bits per heavy atom. The minimum absolute atomic E-state index is 0.277. The molecule has 0 amide bonds. The van der Waals surface area contributed by atoms with Crippen LogP contribution < -0.4 is 5.32 Å². The van der Waals surface area contributed by atoms with Crippen molar-refractivity contribution in [1.82, 2.24) is 20.1 Å².